The minimum absolute atomic E-state index is 0.0332. The Morgan fingerprint density at radius 1 is 1.38 bits per heavy atom. The summed E-state index contributed by atoms with van der Waals surface area (Å²) in [5, 5.41) is 4.29. The molecule has 0 saturated heterocycles. The quantitative estimate of drug-likeness (QED) is 0.794. The van der Waals surface area contributed by atoms with Gasteiger partial charge in [-0.1, -0.05) is 0 Å². The second-order valence-electron chi connectivity index (χ2n) is 3.93. The maximum atomic E-state index is 12.6. The van der Waals surface area contributed by atoms with Crippen molar-refractivity contribution < 1.29 is 8.78 Å². The van der Waals surface area contributed by atoms with Crippen molar-refractivity contribution in [1.29, 1.82) is 0 Å². The third-order valence-electron chi connectivity index (χ3n) is 2.63. The molecule has 0 bridgehead atoms. The number of rotatable bonds is 2. The summed E-state index contributed by atoms with van der Waals surface area (Å²) >= 11 is 3.23. The van der Waals surface area contributed by atoms with Gasteiger partial charge in [-0.15, -0.1) is 5.10 Å². The highest BCUT2D eigenvalue weighted by Crippen LogP contribution is 2.38. The van der Waals surface area contributed by atoms with Crippen molar-refractivity contribution in [2.45, 2.75) is 25.2 Å². The average Bonchev–Trinajstić information content (AvgIpc) is 2.98. The maximum Gasteiger partial charge on any atom is 0.264 e. The molecule has 16 heavy (non-hydrogen) atoms. The topological polar surface area (TPSA) is 30.2 Å². The zero-order valence-corrected chi connectivity index (χ0v) is 9.79. The molecule has 0 aromatic carbocycles. The van der Waals surface area contributed by atoms with Gasteiger partial charge in [-0.3, -0.25) is 0 Å². The summed E-state index contributed by atoms with van der Waals surface area (Å²) in [5.41, 5.74) is 0.445. The standard InChI is InChI=1S/C10H8BrF2N3/c11-7-3-6(9(12)13)4-8-14-10(5-1-2-5)15-16(7)8/h3-5,9H,1-2H2. The van der Waals surface area contributed by atoms with Crippen LogP contribution in [0.4, 0.5) is 8.78 Å². The molecular weight excluding hydrogens is 280 g/mol. The van der Waals surface area contributed by atoms with Gasteiger partial charge in [0.25, 0.3) is 6.43 Å². The molecule has 2 aromatic heterocycles. The van der Waals surface area contributed by atoms with Crippen molar-refractivity contribution >= 4 is 21.6 Å². The Hall–Kier alpha value is -1.04. The molecular formula is C10H8BrF2N3. The van der Waals surface area contributed by atoms with E-state index < -0.39 is 6.43 Å². The van der Waals surface area contributed by atoms with Crippen LogP contribution in [0.2, 0.25) is 0 Å². The molecule has 0 aliphatic heterocycles. The highest BCUT2D eigenvalue weighted by molar-refractivity contribution is 9.10. The Morgan fingerprint density at radius 3 is 2.75 bits per heavy atom. The minimum Gasteiger partial charge on any atom is -0.212 e. The number of pyridine rings is 1. The minimum atomic E-state index is -2.48. The van der Waals surface area contributed by atoms with Gasteiger partial charge < -0.3 is 0 Å². The number of fused-ring (bicyclic) bond motifs is 1. The first-order valence-electron chi connectivity index (χ1n) is 4.99. The molecule has 84 valence electrons. The van der Waals surface area contributed by atoms with E-state index in [9.17, 15) is 8.78 Å². The van der Waals surface area contributed by atoms with Crippen LogP contribution in [0.3, 0.4) is 0 Å². The Balaban J connectivity index is 2.17. The van der Waals surface area contributed by atoms with Gasteiger partial charge in [-0.05, 0) is 40.9 Å². The summed E-state index contributed by atoms with van der Waals surface area (Å²) in [6, 6.07) is 2.76. The fraction of sp³-hybridized carbons (Fsp3) is 0.400. The lowest BCUT2D eigenvalue weighted by atomic mass is 10.3. The second kappa shape index (κ2) is 3.48. The van der Waals surface area contributed by atoms with E-state index in [4.69, 9.17) is 0 Å². The van der Waals surface area contributed by atoms with Crippen LogP contribution in [-0.2, 0) is 0 Å². The lowest BCUT2D eigenvalue weighted by Gasteiger charge is -2.01. The maximum absolute atomic E-state index is 12.6. The largest absolute Gasteiger partial charge is 0.264 e. The van der Waals surface area contributed by atoms with E-state index in [0.29, 0.717) is 16.2 Å². The summed E-state index contributed by atoms with van der Waals surface area (Å²) in [5.74, 6) is 1.17. The fourth-order valence-electron chi connectivity index (χ4n) is 1.62. The van der Waals surface area contributed by atoms with Gasteiger partial charge in [0.2, 0.25) is 0 Å². The van der Waals surface area contributed by atoms with Crippen LogP contribution < -0.4 is 0 Å². The molecule has 1 saturated carbocycles. The molecule has 0 spiro atoms. The van der Waals surface area contributed by atoms with Gasteiger partial charge in [0.1, 0.15) is 4.60 Å². The molecule has 1 aliphatic carbocycles. The van der Waals surface area contributed by atoms with Crippen LogP contribution in [0.15, 0.2) is 16.7 Å². The van der Waals surface area contributed by atoms with E-state index in [1.54, 1.807) is 4.52 Å². The molecule has 0 amide bonds. The van der Waals surface area contributed by atoms with Gasteiger partial charge in [-0.25, -0.2) is 18.3 Å². The van der Waals surface area contributed by atoms with Crippen LogP contribution >= 0.6 is 15.9 Å². The molecule has 1 fully saturated rings. The summed E-state index contributed by atoms with van der Waals surface area (Å²) in [7, 11) is 0. The molecule has 0 unspecified atom stereocenters. The Bertz CT molecular complexity index is 548. The van der Waals surface area contributed by atoms with Crippen LogP contribution in [0.25, 0.3) is 5.65 Å². The summed E-state index contributed by atoms with van der Waals surface area (Å²) in [6.07, 6.45) is -0.297. The highest BCUT2D eigenvalue weighted by atomic mass is 79.9. The van der Waals surface area contributed by atoms with Crippen molar-refractivity contribution in [3.63, 3.8) is 0 Å². The van der Waals surface area contributed by atoms with Gasteiger partial charge >= 0.3 is 0 Å². The van der Waals surface area contributed by atoms with Crippen molar-refractivity contribution in [3.05, 3.63) is 28.1 Å². The van der Waals surface area contributed by atoms with Crippen molar-refractivity contribution in [2.75, 3.05) is 0 Å². The van der Waals surface area contributed by atoms with E-state index in [1.165, 1.54) is 12.1 Å². The second-order valence-corrected chi connectivity index (χ2v) is 4.74. The van der Waals surface area contributed by atoms with Gasteiger partial charge in [0.15, 0.2) is 11.5 Å². The molecule has 3 nitrogen and oxygen atoms in total. The molecule has 3 rings (SSSR count). The number of aromatic nitrogens is 3. The third kappa shape index (κ3) is 1.61. The first kappa shape index (κ1) is 10.1. The van der Waals surface area contributed by atoms with Crippen LogP contribution in [0.5, 0.6) is 0 Å². The first-order chi connectivity index (χ1) is 7.65. The summed E-state index contributed by atoms with van der Waals surface area (Å²) in [6.45, 7) is 0. The smallest absolute Gasteiger partial charge is 0.212 e. The number of hydrogen-bond acceptors (Lipinski definition) is 2. The fourth-order valence-corrected chi connectivity index (χ4v) is 2.15. The Morgan fingerprint density at radius 2 is 2.12 bits per heavy atom. The van der Waals surface area contributed by atoms with Gasteiger partial charge in [0.05, 0.1) is 0 Å². The van der Waals surface area contributed by atoms with E-state index in [2.05, 4.69) is 26.0 Å². The zero-order chi connectivity index (χ0) is 11.3. The number of halogens is 3. The predicted molar refractivity (Wildman–Crippen MR) is 57.6 cm³/mol. The third-order valence-corrected chi connectivity index (χ3v) is 3.19. The molecule has 6 heteroatoms. The lowest BCUT2D eigenvalue weighted by Crippen LogP contribution is -1.94. The van der Waals surface area contributed by atoms with Crippen LogP contribution in [-0.4, -0.2) is 14.6 Å². The normalized spacial score (nSPS) is 16.2. The predicted octanol–water partition coefficient (Wildman–Crippen LogP) is 3.31. The SMILES string of the molecule is FC(F)c1cc(Br)n2nc(C3CC3)nc2c1. The lowest BCUT2D eigenvalue weighted by molar-refractivity contribution is 0.151. The molecule has 0 radical (unpaired) electrons. The Kier molecular flexibility index (Phi) is 2.20. The Labute approximate surface area is 98.6 Å². The summed E-state index contributed by atoms with van der Waals surface area (Å²) in [4.78, 5) is 4.27. The van der Waals surface area contributed by atoms with Crippen LogP contribution in [0.1, 0.15) is 36.6 Å². The van der Waals surface area contributed by atoms with Crippen molar-refractivity contribution in [3.8, 4) is 0 Å². The molecule has 0 N–H and O–H groups in total. The number of alkyl halides is 2. The molecule has 2 aromatic rings. The van der Waals surface area contributed by atoms with E-state index in [0.717, 1.165) is 18.7 Å². The highest BCUT2D eigenvalue weighted by Gasteiger charge is 2.28. The van der Waals surface area contributed by atoms with E-state index >= 15 is 0 Å². The molecule has 1 aliphatic rings. The molecule has 0 atom stereocenters. The number of hydrogen-bond donors (Lipinski definition) is 0. The van der Waals surface area contributed by atoms with Crippen molar-refractivity contribution in [1.82, 2.24) is 14.6 Å². The van der Waals surface area contributed by atoms with Gasteiger partial charge in [0, 0.05) is 11.5 Å². The average molecular weight is 288 g/mol. The first-order valence-corrected chi connectivity index (χ1v) is 5.78. The molecule has 2 heterocycles. The van der Waals surface area contributed by atoms with E-state index in [1.807, 2.05) is 0 Å². The van der Waals surface area contributed by atoms with E-state index in [-0.39, 0.29) is 5.56 Å². The van der Waals surface area contributed by atoms with Crippen molar-refractivity contribution in [2.24, 2.45) is 0 Å². The number of nitrogens with zero attached hydrogens (tertiary/aromatic N) is 3. The summed E-state index contributed by atoms with van der Waals surface area (Å²) < 4.78 is 27.2. The van der Waals surface area contributed by atoms with Gasteiger partial charge in [-0.2, -0.15) is 0 Å². The van der Waals surface area contributed by atoms with Crippen LogP contribution in [0, 0.1) is 0 Å². The zero-order valence-electron chi connectivity index (χ0n) is 8.20. The monoisotopic (exact) mass is 287 g/mol.